The molecule has 1 N–H and O–H groups in total. The number of nitrogens with zero attached hydrogens (tertiary/aromatic N) is 3. The fourth-order valence-corrected chi connectivity index (χ4v) is 4.49. The second kappa shape index (κ2) is 8.71. The van der Waals surface area contributed by atoms with Gasteiger partial charge in [-0.05, 0) is 50.6 Å². The largest absolute Gasteiger partial charge is 0.355 e. The topological polar surface area (TPSA) is 30.9 Å². The Hall–Kier alpha value is -0.0400. The molecule has 0 radical (unpaired) electrons. The summed E-state index contributed by atoms with van der Waals surface area (Å²) in [4.78, 5) is 9.61. The second-order valence-corrected chi connectivity index (χ2v) is 7.25. The molecule has 22 heavy (non-hydrogen) atoms. The zero-order valence-corrected chi connectivity index (χ0v) is 16.5. The predicted octanol–water partition coefficient (Wildman–Crippen LogP) is 2.93. The smallest absolute Gasteiger partial charge is 0.193 e. The molecule has 128 valence electrons. The number of hydrogen-bond acceptors (Lipinski definition) is 2. The van der Waals surface area contributed by atoms with Crippen molar-refractivity contribution in [3.05, 3.63) is 0 Å². The summed E-state index contributed by atoms with van der Waals surface area (Å²) in [5.74, 6) is 1.13. The molecular formula is C17H33IN4. The Labute approximate surface area is 153 Å². The Bertz CT molecular complexity index is 360. The van der Waals surface area contributed by atoms with Gasteiger partial charge in [0.05, 0.1) is 0 Å². The maximum Gasteiger partial charge on any atom is 0.193 e. The van der Waals surface area contributed by atoms with E-state index in [4.69, 9.17) is 0 Å². The van der Waals surface area contributed by atoms with Crippen LogP contribution in [0.1, 0.15) is 51.4 Å². The maximum atomic E-state index is 4.52. The average molecular weight is 420 g/mol. The molecule has 0 unspecified atom stereocenters. The van der Waals surface area contributed by atoms with E-state index in [1.807, 2.05) is 7.05 Å². The second-order valence-electron chi connectivity index (χ2n) is 7.25. The fraction of sp³-hybridized carbons (Fsp3) is 0.941. The SMILES string of the molecule is CN=C(NCCN1CCCCC1)N1CCC2(CCCC2)C1.I. The predicted molar refractivity (Wildman–Crippen MR) is 104 cm³/mol. The molecule has 3 aliphatic rings. The number of guanidine groups is 1. The van der Waals surface area contributed by atoms with E-state index < -0.39 is 0 Å². The van der Waals surface area contributed by atoms with Crippen molar-refractivity contribution in [2.75, 3.05) is 46.3 Å². The molecule has 5 heteroatoms. The number of halogens is 1. The van der Waals surface area contributed by atoms with Gasteiger partial charge in [-0.3, -0.25) is 4.99 Å². The molecule has 2 aliphatic heterocycles. The van der Waals surface area contributed by atoms with Crippen molar-refractivity contribution in [2.45, 2.75) is 51.4 Å². The van der Waals surface area contributed by atoms with Gasteiger partial charge < -0.3 is 15.1 Å². The Balaban J connectivity index is 0.00000176. The van der Waals surface area contributed by atoms with Gasteiger partial charge in [-0.2, -0.15) is 0 Å². The normalized spacial score (nSPS) is 25.5. The zero-order chi connectivity index (χ0) is 14.5. The van der Waals surface area contributed by atoms with E-state index in [-0.39, 0.29) is 24.0 Å². The lowest BCUT2D eigenvalue weighted by molar-refractivity contribution is 0.231. The minimum absolute atomic E-state index is 0. The van der Waals surface area contributed by atoms with Crippen LogP contribution >= 0.6 is 24.0 Å². The molecule has 3 fully saturated rings. The van der Waals surface area contributed by atoms with Gasteiger partial charge >= 0.3 is 0 Å². The van der Waals surface area contributed by atoms with Crippen molar-refractivity contribution in [2.24, 2.45) is 10.4 Å². The average Bonchev–Trinajstić information content (AvgIpc) is 3.15. The number of rotatable bonds is 3. The molecule has 4 nitrogen and oxygen atoms in total. The van der Waals surface area contributed by atoms with Crippen molar-refractivity contribution in [1.82, 2.24) is 15.1 Å². The van der Waals surface area contributed by atoms with Crippen LogP contribution in [0.5, 0.6) is 0 Å². The first-order valence-corrected chi connectivity index (χ1v) is 8.99. The van der Waals surface area contributed by atoms with Crippen molar-refractivity contribution in [3.8, 4) is 0 Å². The van der Waals surface area contributed by atoms with Gasteiger partial charge in [-0.25, -0.2) is 0 Å². The van der Waals surface area contributed by atoms with Crippen molar-refractivity contribution in [1.29, 1.82) is 0 Å². The van der Waals surface area contributed by atoms with Crippen molar-refractivity contribution < 1.29 is 0 Å². The molecule has 0 aromatic carbocycles. The molecule has 1 spiro atoms. The van der Waals surface area contributed by atoms with Gasteiger partial charge in [0.25, 0.3) is 0 Å². The molecule has 0 amide bonds. The Kier molecular flexibility index (Phi) is 7.25. The fourth-order valence-electron chi connectivity index (χ4n) is 4.49. The highest BCUT2D eigenvalue weighted by atomic mass is 127. The summed E-state index contributed by atoms with van der Waals surface area (Å²) < 4.78 is 0. The summed E-state index contributed by atoms with van der Waals surface area (Å²) in [6, 6.07) is 0. The number of aliphatic imine (C=N–C) groups is 1. The van der Waals surface area contributed by atoms with E-state index in [9.17, 15) is 0 Å². The molecule has 0 aromatic heterocycles. The summed E-state index contributed by atoms with van der Waals surface area (Å²) in [7, 11) is 1.93. The van der Waals surface area contributed by atoms with Gasteiger partial charge in [0, 0.05) is 33.2 Å². The summed E-state index contributed by atoms with van der Waals surface area (Å²) in [5, 5.41) is 3.60. The number of nitrogens with one attached hydrogen (secondary N) is 1. The lowest BCUT2D eigenvalue weighted by atomic mass is 9.86. The summed E-state index contributed by atoms with van der Waals surface area (Å²) in [5.41, 5.74) is 0.629. The highest BCUT2D eigenvalue weighted by molar-refractivity contribution is 14.0. The van der Waals surface area contributed by atoms with Gasteiger partial charge in [0.1, 0.15) is 0 Å². The maximum absolute atomic E-state index is 4.52. The van der Waals surface area contributed by atoms with Crippen LogP contribution < -0.4 is 5.32 Å². The van der Waals surface area contributed by atoms with Gasteiger partial charge in [-0.15, -0.1) is 24.0 Å². The van der Waals surface area contributed by atoms with Crippen LogP contribution in [0, 0.1) is 5.41 Å². The first kappa shape index (κ1) is 18.3. The standard InChI is InChI=1S/C17H32N4.HI/c1-18-16(19-10-14-20-11-5-2-6-12-20)21-13-9-17(15-21)7-3-4-8-17;/h2-15H2,1H3,(H,18,19);1H. The quantitative estimate of drug-likeness (QED) is 0.433. The van der Waals surface area contributed by atoms with E-state index >= 15 is 0 Å². The molecule has 0 atom stereocenters. The molecule has 0 bridgehead atoms. The van der Waals surface area contributed by atoms with E-state index in [0.717, 1.165) is 19.0 Å². The minimum Gasteiger partial charge on any atom is -0.355 e. The summed E-state index contributed by atoms with van der Waals surface area (Å²) in [6.07, 6.45) is 11.3. The third-order valence-electron chi connectivity index (χ3n) is 5.77. The molecule has 2 saturated heterocycles. The molecule has 2 heterocycles. The Morgan fingerprint density at radius 2 is 1.73 bits per heavy atom. The van der Waals surface area contributed by atoms with E-state index in [1.54, 1.807) is 0 Å². The first-order chi connectivity index (χ1) is 10.3. The van der Waals surface area contributed by atoms with Gasteiger partial charge in [0.15, 0.2) is 5.96 Å². The van der Waals surface area contributed by atoms with E-state index in [1.165, 1.54) is 77.5 Å². The highest BCUT2D eigenvalue weighted by Gasteiger charge is 2.40. The molecular weight excluding hydrogens is 387 g/mol. The molecule has 0 aromatic rings. The summed E-state index contributed by atoms with van der Waals surface area (Å²) >= 11 is 0. The van der Waals surface area contributed by atoms with Crippen LogP contribution in [0.3, 0.4) is 0 Å². The Morgan fingerprint density at radius 1 is 1.00 bits per heavy atom. The monoisotopic (exact) mass is 420 g/mol. The summed E-state index contributed by atoms with van der Waals surface area (Å²) in [6.45, 7) is 7.20. The van der Waals surface area contributed by atoms with Crippen LogP contribution in [0.25, 0.3) is 0 Å². The molecule has 1 aliphatic carbocycles. The van der Waals surface area contributed by atoms with E-state index in [2.05, 4.69) is 20.1 Å². The molecule has 1 saturated carbocycles. The van der Waals surface area contributed by atoms with Gasteiger partial charge in [-0.1, -0.05) is 19.3 Å². The van der Waals surface area contributed by atoms with Crippen LogP contribution in [0.4, 0.5) is 0 Å². The van der Waals surface area contributed by atoms with Crippen LogP contribution in [0.2, 0.25) is 0 Å². The van der Waals surface area contributed by atoms with Crippen LogP contribution in [-0.4, -0.2) is 62.1 Å². The van der Waals surface area contributed by atoms with E-state index in [0.29, 0.717) is 5.41 Å². The zero-order valence-electron chi connectivity index (χ0n) is 14.1. The van der Waals surface area contributed by atoms with Crippen LogP contribution in [-0.2, 0) is 0 Å². The number of likely N-dealkylation sites (tertiary alicyclic amines) is 2. The van der Waals surface area contributed by atoms with Crippen LogP contribution in [0.15, 0.2) is 4.99 Å². The van der Waals surface area contributed by atoms with Crippen molar-refractivity contribution in [3.63, 3.8) is 0 Å². The number of piperidine rings is 1. The lowest BCUT2D eigenvalue weighted by Crippen LogP contribution is -2.44. The number of hydrogen-bond donors (Lipinski definition) is 1. The third kappa shape index (κ3) is 4.49. The molecule has 3 rings (SSSR count). The minimum atomic E-state index is 0. The lowest BCUT2D eigenvalue weighted by Gasteiger charge is -2.28. The Morgan fingerprint density at radius 3 is 2.41 bits per heavy atom. The third-order valence-corrected chi connectivity index (χ3v) is 5.77. The highest BCUT2D eigenvalue weighted by Crippen LogP contribution is 2.45. The van der Waals surface area contributed by atoms with Gasteiger partial charge in [0.2, 0.25) is 0 Å². The van der Waals surface area contributed by atoms with Crippen molar-refractivity contribution >= 4 is 29.9 Å². The first-order valence-electron chi connectivity index (χ1n) is 8.99.